The van der Waals surface area contributed by atoms with Crippen LogP contribution in [-0.4, -0.2) is 22.8 Å². The van der Waals surface area contributed by atoms with Gasteiger partial charge in [-0.15, -0.1) is 0 Å². The van der Waals surface area contributed by atoms with Gasteiger partial charge >= 0.3 is 5.97 Å². The van der Waals surface area contributed by atoms with Gasteiger partial charge in [0, 0.05) is 12.1 Å². The van der Waals surface area contributed by atoms with Crippen LogP contribution in [0.3, 0.4) is 0 Å². The number of nitrogens with zero attached hydrogens (tertiary/aromatic N) is 2. The summed E-state index contributed by atoms with van der Waals surface area (Å²) in [4.78, 5) is 10.8. The zero-order valence-electron chi connectivity index (χ0n) is 13.6. The molecule has 2 aromatic carbocycles. The van der Waals surface area contributed by atoms with Gasteiger partial charge in [-0.25, -0.2) is 0 Å². The van der Waals surface area contributed by atoms with Crippen molar-refractivity contribution in [2.24, 2.45) is 5.10 Å². The number of aryl methyl sites for hydroxylation is 1. The average molecular weight is 322 g/mol. The molecule has 0 radical (unpaired) electrons. The molecule has 0 saturated carbocycles. The Labute approximate surface area is 142 Å². The fraction of sp³-hybridized carbons (Fsp3) is 0.300. The summed E-state index contributed by atoms with van der Waals surface area (Å²) in [5.41, 5.74) is 3.38. The minimum absolute atomic E-state index is 0.146. The van der Waals surface area contributed by atoms with Gasteiger partial charge in [-0.2, -0.15) is 5.10 Å². The van der Waals surface area contributed by atoms with Gasteiger partial charge in [-0.05, 0) is 37.0 Å². The highest BCUT2D eigenvalue weighted by atomic mass is 16.4. The van der Waals surface area contributed by atoms with E-state index in [1.807, 2.05) is 24.3 Å². The Hall–Kier alpha value is -2.62. The van der Waals surface area contributed by atoms with Crippen LogP contribution in [0.1, 0.15) is 31.2 Å². The normalized spacial score (nSPS) is 16.9. The summed E-state index contributed by atoms with van der Waals surface area (Å²) in [6, 6.07) is 20.9. The lowest BCUT2D eigenvalue weighted by Crippen LogP contribution is -2.26. The zero-order valence-corrected chi connectivity index (χ0v) is 13.6. The second-order valence-electron chi connectivity index (χ2n) is 6.12. The van der Waals surface area contributed by atoms with E-state index in [9.17, 15) is 4.79 Å². The third-order valence-corrected chi connectivity index (χ3v) is 4.32. The van der Waals surface area contributed by atoms with Gasteiger partial charge < -0.3 is 5.11 Å². The maximum Gasteiger partial charge on any atom is 0.303 e. The molecule has 0 aliphatic carbocycles. The quantitative estimate of drug-likeness (QED) is 0.834. The Morgan fingerprint density at radius 3 is 2.38 bits per heavy atom. The molecule has 0 amide bonds. The Morgan fingerprint density at radius 2 is 1.71 bits per heavy atom. The van der Waals surface area contributed by atoms with Crippen molar-refractivity contribution in [1.82, 2.24) is 0 Å². The fourth-order valence-electron chi connectivity index (χ4n) is 3.09. The number of carboxylic acids is 1. The lowest BCUT2D eigenvalue weighted by atomic mass is 10.00. The lowest BCUT2D eigenvalue weighted by Gasteiger charge is -2.23. The maximum absolute atomic E-state index is 10.8. The highest BCUT2D eigenvalue weighted by Gasteiger charge is 2.27. The molecule has 4 nitrogen and oxygen atoms in total. The standard InChI is InChI=1S/C20H22N2O2/c23-20(24)14-12-17-15-19(13-11-16-7-3-1-4-8-16)22(21-17)18-9-5-2-6-10-18/h1-10,19H,11-15H2,(H,23,24). The highest BCUT2D eigenvalue weighted by molar-refractivity contribution is 5.90. The summed E-state index contributed by atoms with van der Waals surface area (Å²) < 4.78 is 0. The summed E-state index contributed by atoms with van der Waals surface area (Å²) in [5, 5.41) is 15.7. The minimum atomic E-state index is -0.767. The molecule has 0 fully saturated rings. The van der Waals surface area contributed by atoms with E-state index in [4.69, 9.17) is 10.2 Å². The van der Waals surface area contributed by atoms with Gasteiger partial charge in [-0.3, -0.25) is 9.80 Å². The molecule has 1 aliphatic rings. The summed E-state index contributed by atoms with van der Waals surface area (Å²) >= 11 is 0. The van der Waals surface area contributed by atoms with E-state index < -0.39 is 5.97 Å². The predicted molar refractivity (Wildman–Crippen MR) is 96.4 cm³/mol. The van der Waals surface area contributed by atoms with Crippen LogP contribution < -0.4 is 5.01 Å². The Balaban J connectivity index is 1.70. The number of hydrogen-bond donors (Lipinski definition) is 1. The van der Waals surface area contributed by atoms with Crippen LogP contribution in [-0.2, 0) is 11.2 Å². The first kappa shape index (κ1) is 16.2. The van der Waals surface area contributed by atoms with E-state index >= 15 is 0 Å². The number of hydrazone groups is 1. The number of carbonyl (C=O) groups is 1. The summed E-state index contributed by atoms with van der Waals surface area (Å²) in [7, 11) is 0. The lowest BCUT2D eigenvalue weighted by molar-refractivity contribution is -0.136. The van der Waals surface area contributed by atoms with E-state index in [-0.39, 0.29) is 12.5 Å². The van der Waals surface area contributed by atoms with Crippen molar-refractivity contribution < 1.29 is 9.90 Å². The molecule has 124 valence electrons. The van der Waals surface area contributed by atoms with E-state index in [1.165, 1.54) is 5.56 Å². The van der Waals surface area contributed by atoms with E-state index in [0.29, 0.717) is 6.42 Å². The smallest absolute Gasteiger partial charge is 0.303 e. The largest absolute Gasteiger partial charge is 0.481 e. The SMILES string of the molecule is O=C(O)CCC1=NN(c2ccccc2)C(CCc2ccccc2)C1. The number of para-hydroxylation sites is 1. The van der Waals surface area contributed by atoms with E-state index in [1.54, 1.807) is 0 Å². The summed E-state index contributed by atoms with van der Waals surface area (Å²) in [6.07, 6.45) is 3.51. The number of anilines is 1. The van der Waals surface area contributed by atoms with Crippen molar-refractivity contribution in [3.63, 3.8) is 0 Å². The number of aliphatic carboxylic acids is 1. The topological polar surface area (TPSA) is 52.9 Å². The molecular weight excluding hydrogens is 300 g/mol. The van der Waals surface area contributed by atoms with Crippen LogP contribution >= 0.6 is 0 Å². The van der Waals surface area contributed by atoms with Crippen molar-refractivity contribution in [3.8, 4) is 0 Å². The number of benzene rings is 2. The molecule has 0 bridgehead atoms. The highest BCUT2D eigenvalue weighted by Crippen LogP contribution is 2.28. The van der Waals surface area contributed by atoms with Gasteiger partial charge in [0.1, 0.15) is 0 Å². The Kier molecular flexibility index (Phi) is 5.26. The third kappa shape index (κ3) is 4.22. The van der Waals surface area contributed by atoms with Crippen LogP contribution in [0.2, 0.25) is 0 Å². The first-order chi connectivity index (χ1) is 11.7. The molecule has 1 heterocycles. The van der Waals surface area contributed by atoms with Gasteiger partial charge in [0.15, 0.2) is 0 Å². The van der Waals surface area contributed by atoms with Crippen molar-refractivity contribution in [2.45, 2.75) is 38.1 Å². The van der Waals surface area contributed by atoms with Crippen molar-refractivity contribution in [2.75, 3.05) is 5.01 Å². The first-order valence-corrected chi connectivity index (χ1v) is 8.39. The van der Waals surface area contributed by atoms with Crippen LogP contribution in [0.15, 0.2) is 65.8 Å². The Morgan fingerprint density at radius 1 is 1.04 bits per heavy atom. The van der Waals surface area contributed by atoms with E-state index in [2.05, 4.69) is 41.4 Å². The second kappa shape index (κ2) is 7.77. The molecule has 0 saturated heterocycles. The predicted octanol–water partition coefficient (Wildman–Crippen LogP) is 4.12. The van der Waals surface area contributed by atoms with Crippen molar-refractivity contribution in [3.05, 3.63) is 66.2 Å². The molecule has 4 heteroatoms. The fourth-order valence-corrected chi connectivity index (χ4v) is 3.09. The third-order valence-electron chi connectivity index (χ3n) is 4.32. The van der Waals surface area contributed by atoms with Crippen LogP contribution in [0.25, 0.3) is 0 Å². The van der Waals surface area contributed by atoms with Crippen LogP contribution in [0, 0.1) is 0 Å². The van der Waals surface area contributed by atoms with Gasteiger partial charge in [-0.1, -0.05) is 48.5 Å². The van der Waals surface area contributed by atoms with Gasteiger partial charge in [0.2, 0.25) is 0 Å². The summed E-state index contributed by atoms with van der Waals surface area (Å²) in [5.74, 6) is -0.767. The number of rotatable bonds is 7. The van der Waals surface area contributed by atoms with Crippen molar-refractivity contribution in [1.29, 1.82) is 0 Å². The number of carboxylic acid groups (broad SMARTS) is 1. The van der Waals surface area contributed by atoms with Crippen LogP contribution in [0.4, 0.5) is 5.69 Å². The number of hydrogen-bond acceptors (Lipinski definition) is 3. The Bertz CT molecular complexity index is 698. The van der Waals surface area contributed by atoms with E-state index in [0.717, 1.165) is 30.7 Å². The average Bonchev–Trinajstić information content (AvgIpc) is 3.03. The second-order valence-corrected chi connectivity index (χ2v) is 6.12. The van der Waals surface area contributed by atoms with Crippen molar-refractivity contribution >= 4 is 17.4 Å². The molecule has 0 spiro atoms. The summed E-state index contributed by atoms with van der Waals surface area (Å²) in [6.45, 7) is 0. The van der Waals surface area contributed by atoms with Crippen LogP contribution in [0.5, 0.6) is 0 Å². The molecule has 1 atom stereocenters. The zero-order chi connectivity index (χ0) is 16.8. The molecule has 0 aromatic heterocycles. The molecule has 3 rings (SSSR count). The monoisotopic (exact) mass is 322 g/mol. The molecule has 1 unspecified atom stereocenters. The van der Waals surface area contributed by atoms with Gasteiger partial charge in [0.05, 0.1) is 18.2 Å². The molecule has 2 aromatic rings. The minimum Gasteiger partial charge on any atom is -0.481 e. The maximum atomic E-state index is 10.8. The molecule has 24 heavy (non-hydrogen) atoms. The first-order valence-electron chi connectivity index (χ1n) is 8.39. The molecule has 1 N–H and O–H groups in total. The molecule has 1 aliphatic heterocycles. The van der Waals surface area contributed by atoms with Gasteiger partial charge in [0.25, 0.3) is 0 Å². The molecular formula is C20H22N2O2.